The van der Waals surface area contributed by atoms with Gasteiger partial charge in [0.05, 0.1) is 23.4 Å². The van der Waals surface area contributed by atoms with Gasteiger partial charge in [0.15, 0.2) is 0 Å². The van der Waals surface area contributed by atoms with Crippen LogP contribution in [0.25, 0.3) is 0 Å². The van der Waals surface area contributed by atoms with Crippen molar-refractivity contribution in [1.29, 1.82) is 0 Å². The first kappa shape index (κ1) is 24.6. The number of hydrogen-bond acceptors (Lipinski definition) is 3. The van der Waals surface area contributed by atoms with Crippen LogP contribution in [0.2, 0.25) is 0 Å². The maximum Gasteiger partial charge on any atom is 0.0865 e. The summed E-state index contributed by atoms with van der Waals surface area (Å²) in [4.78, 5) is 0. The Morgan fingerprint density at radius 2 is 1.36 bits per heavy atom. The first-order chi connectivity index (χ1) is 15.1. The Balaban J connectivity index is 1.44. The molecule has 5 fully saturated rings. The lowest BCUT2D eigenvalue weighted by Crippen LogP contribution is -2.64. The topological polar surface area (TPSA) is 49.7 Å². The largest absolute Gasteiger partial charge is 0.393 e. The molecule has 3 nitrogen and oxygen atoms in total. The number of ether oxygens (including phenoxy) is 1. The molecule has 4 aliphatic carbocycles. The summed E-state index contributed by atoms with van der Waals surface area (Å²) in [5, 5.41) is 21.5. The second-order valence-electron chi connectivity index (χ2n) is 15.3. The van der Waals surface area contributed by atoms with Gasteiger partial charge in [0.2, 0.25) is 0 Å². The Morgan fingerprint density at radius 1 is 0.697 bits per heavy atom. The fraction of sp³-hybridized carbons (Fsp3) is 1.00. The Bertz CT molecular complexity index is 784. The van der Waals surface area contributed by atoms with Crippen LogP contribution in [-0.4, -0.2) is 33.6 Å². The molecule has 3 heteroatoms. The first-order valence-corrected chi connectivity index (χ1v) is 14.2. The smallest absolute Gasteiger partial charge is 0.0865 e. The molecule has 0 aromatic carbocycles. The van der Waals surface area contributed by atoms with Crippen LogP contribution >= 0.6 is 0 Å². The predicted octanol–water partition coefficient (Wildman–Crippen LogP) is 6.74. The number of aliphatic hydroxyl groups is 2. The van der Waals surface area contributed by atoms with E-state index >= 15 is 0 Å². The molecule has 0 bridgehead atoms. The average Bonchev–Trinajstić information content (AvgIpc) is 3.27. The molecular formula is C30H52O3. The Labute approximate surface area is 203 Å². The molecule has 33 heavy (non-hydrogen) atoms. The molecule has 5 aliphatic rings. The van der Waals surface area contributed by atoms with E-state index in [1.165, 1.54) is 44.9 Å². The molecule has 1 heterocycles. The summed E-state index contributed by atoms with van der Waals surface area (Å²) in [6.07, 6.45) is 11.9. The highest BCUT2D eigenvalue weighted by molar-refractivity contribution is 5.18. The summed E-state index contributed by atoms with van der Waals surface area (Å²) in [5.41, 5.74) is 0.277. The molecule has 4 saturated carbocycles. The lowest BCUT2D eigenvalue weighted by Gasteiger charge is -2.70. The van der Waals surface area contributed by atoms with Crippen LogP contribution < -0.4 is 0 Å². The first-order valence-electron chi connectivity index (χ1n) is 14.2. The number of fused-ring (bicyclic) bond motifs is 5. The van der Waals surface area contributed by atoms with E-state index in [-0.39, 0.29) is 23.2 Å². The molecule has 0 amide bonds. The maximum absolute atomic E-state index is 10.9. The highest BCUT2D eigenvalue weighted by Gasteiger charge is 2.70. The van der Waals surface area contributed by atoms with Gasteiger partial charge in [-0.2, -0.15) is 0 Å². The molecule has 0 radical (unpaired) electrons. The number of hydrogen-bond donors (Lipinski definition) is 2. The van der Waals surface area contributed by atoms with Gasteiger partial charge in [0.1, 0.15) is 0 Å². The van der Waals surface area contributed by atoms with E-state index in [1.807, 2.05) is 13.8 Å². The molecule has 10 atom stereocenters. The minimum atomic E-state index is -0.755. The second kappa shape index (κ2) is 7.22. The summed E-state index contributed by atoms with van der Waals surface area (Å²) in [6, 6.07) is 0. The van der Waals surface area contributed by atoms with Crippen LogP contribution in [0.4, 0.5) is 0 Å². The lowest BCUT2D eigenvalue weighted by molar-refractivity contribution is -0.227. The van der Waals surface area contributed by atoms with Crippen molar-refractivity contribution in [1.82, 2.24) is 0 Å². The fourth-order valence-electron chi connectivity index (χ4n) is 11.1. The molecule has 1 aliphatic heterocycles. The number of rotatable bonds is 2. The van der Waals surface area contributed by atoms with Gasteiger partial charge in [-0.3, -0.25) is 0 Å². The monoisotopic (exact) mass is 460 g/mol. The van der Waals surface area contributed by atoms with E-state index in [9.17, 15) is 10.2 Å². The Kier molecular flexibility index (Phi) is 5.38. The standard InChI is InChI=1S/C30H52O3/c1-25(2)21-12-17-29(7)22(27(21,5)15-13-23(25)31)10-9-19-20(11-16-28(19,29)6)30(8)18-14-24(33-30)26(3,4)32/h19-24,31-32H,9-18H2,1-8H3/t19-,20+,21+,22-,23+,24-,27+,28-,29-,30+/m1/s1. The van der Waals surface area contributed by atoms with Crippen molar-refractivity contribution >= 4 is 0 Å². The van der Waals surface area contributed by atoms with E-state index < -0.39 is 5.60 Å². The summed E-state index contributed by atoms with van der Waals surface area (Å²) in [5.74, 6) is 2.73. The van der Waals surface area contributed by atoms with Crippen LogP contribution in [-0.2, 0) is 4.74 Å². The van der Waals surface area contributed by atoms with Gasteiger partial charge in [-0.05, 0) is 130 Å². The fourth-order valence-corrected chi connectivity index (χ4v) is 11.1. The Morgan fingerprint density at radius 3 is 2.00 bits per heavy atom. The molecule has 0 unspecified atom stereocenters. The van der Waals surface area contributed by atoms with Crippen molar-refractivity contribution in [3.8, 4) is 0 Å². The Hall–Kier alpha value is -0.120. The molecule has 0 spiro atoms. The lowest BCUT2D eigenvalue weighted by atomic mass is 9.35. The van der Waals surface area contributed by atoms with Crippen LogP contribution in [0, 0.1) is 45.3 Å². The van der Waals surface area contributed by atoms with Crippen LogP contribution in [0.5, 0.6) is 0 Å². The van der Waals surface area contributed by atoms with Gasteiger partial charge < -0.3 is 14.9 Å². The van der Waals surface area contributed by atoms with E-state index in [0.717, 1.165) is 31.1 Å². The molecule has 5 rings (SSSR count). The zero-order chi connectivity index (χ0) is 24.2. The van der Waals surface area contributed by atoms with Gasteiger partial charge in [-0.25, -0.2) is 0 Å². The summed E-state index contributed by atoms with van der Waals surface area (Å²) >= 11 is 0. The molecule has 1 saturated heterocycles. The van der Waals surface area contributed by atoms with Crippen LogP contribution in [0.3, 0.4) is 0 Å². The minimum absolute atomic E-state index is 0.0293. The average molecular weight is 461 g/mol. The summed E-state index contributed by atoms with van der Waals surface area (Å²) < 4.78 is 6.73. The van der Waals surface area contributed by atoms with Crippen molar-refractivity contribution in [2.24, 2.45) is 45.3 Å². The predicted molar refractivity (Wildman–Crippen MR) is 134 cm³/mol. The molecule has 2 N–H and O–H groups in total. The van der Waals surface area contributed by atoms with E-state index in [0.29, 0.717) is 28.1 Å². The normalized spacial score (nSPS) is 56.2. The molecular weight excluding hydrogens is 408 g/mol. The third-order valence-electron chi connectivity index (χ3n) is 13.3. The molecule has 0 aromatic rings. The van der Waals surface area contributed by atoms with Gasteiger partial charge >= 0.3 is 0 Å². The van der Waals surface area contributed by atoms with Gasteiger partial charge in [0.25, 0.3) is 0 Å². The van der Waals surface area contributed by atoms with Gasteiger partial charge in [-0.1, -0.05) is 34.6 Å². The van der Waals surface area contributed by atoms with Crippen LogP contribution in [0.1, 0.15) is 120 Å². The highest BCUT2D eigenvalue weighted by Crippen LogP contribution is 2.76. The minimum Gasteiger partial charge on any atom is -0.393 e. The van der Waals surface area contributed by atoms with Crippen molar-refractivity contribution in [3.05, 3.63) is 0 Å². The van der Waals surface area contributed by atoms with Crippen molar-refractivity contribution in [2.45, 2.75) is 143 Å². The highest BCUT2D eigenvalue weighted by atomic mass is 16.5. The van der Waals surface area contributed by atoms with E-state index in [2.05, 4.69) is 41.5 Å². The van der Waals surface area contributed by atoms with Gasteiger partial charge in [-0.15, -0.1) is 0 Å². The quantitative estimate of drug-likeness (QED) is 0.480. The van der Waals surface area contributed by atoms with E-state index in [1.54, 1.807) is 0 Å². The summed E-state index contributed by atoms with van der Waals surface area (Å²) in [6.45, 7) is 18.8. The van der Waals surface area contributed by atoms with Crippen molar-refractivity contribution < 1.29 is 14.9 Å². The van der Waals surface area contributed by atoms with E-state index in [4.69, 9.17) is 4.74 Å². The molecule has 0 aromatic heterocycles. The third-order valence-corrected chi connectivity index (χ3v) is 13.3. The summed E-state index contributed by atoms with van der Waals surface area (Å²) in [7, 11) is 0. The third kappa shape index (κ3) is 3.16. The maximum atomic E-state index is 10.9. The second-order valence-corrected chi connectivity index (χ2v) is 15.3. The SMILES string of the molecule is CC(C)(O)[C@H]1CC[C@@](C)([C@H]2CC[C@]3(C)[C@@H]2CC[C@@H]2[C@@]4(C)CC[C@H](O)C(C)(C)[C@@H]4CC[C@]23C)O1. The zero-order valence-corrected chi connectivity index (χ0v) is 22.8. The van der Waals surface area contributed by atoms with Crippen LogP contribution in [0.15, 0.2) is 0 Å². The molecule has 190 valence electrons. The van der Waals surface area contributed by atoms with Gasteiger partial charge in [0, 0.05) is 0 Å². The van der Waals surface area contributed by atoms with Crippen molar-refractivity contribution in [2.75, 3.05) is 0 Å². The van der Waals surface area contributed by atoms with Crippen molar-refractivity contribution in [3.63, 3.8) is 0 Å². The zero-order valence-electron chi connectivity index (χ0n) is 22.8. The number of aliphatic hydroxyl groups excluding tert-OH is 1.